The van der Waals surface area contributed by atoms with E-state index in [1.807, 2.05) is 18.4 Å². The monoisotopic (exact) mass is 284 g/mol. The molecule has 0 spiro atoms. The molecule has 20 heavy (non-hydrogen) atoms. The zero-order valence-corrected chi connectivity index (χ0v) is 11.2. The lowest BCUT2D eigenvalue weighted by Crippen LogP contribution is -2.11. The van der Waals surface area contributed by atoms with Crippen LogP contribution in [0.4, 0.5) is 13.2 Å². The lowest BCUT2D eigenvalue weighted by Gasteiger charge is -2.15. The van der Waals surface area contributed by atoms with Gasteiger partial charge in [0.05, 0.1) is 23.8 Å². The fourth-order valence-electron chi connectivity index (χ4n) is 1.89. The molecule has 108 valence electrons. The van der Waals surface area contributed by atoms with Gasteiger partial charge in [-0.3, -0.25) is 0 Å². The van der Waals surface area contributed by atoms with Crippen LogP contribution in [0.25, 0.3) is 0 Å². The smallest absolute Gasteiger partial charge is 0.419 e. The number of halogens is 3. The average Bonchev–Trinajstić information content (AvgIpc) is 2.84. The Morgan fingerprint density at radius 1 is 1.25 bits per heavy atom. The largest absolute Gasteiger partial charge is 0.487 e. The van der Waals surface area contributed by atoms with Gasteiger partial charge in [-0.15, -0.1) is 0 Å². The van der Waals surface area contributed by atoms with Crippen LogP contribution in [-0.4, -0.2) is 9.55 Å². The predicted molar refractivity (Wildman–Crippen MR) is 68.4 cm³/mol. The molecule has 1 aromatic heterocycles. The molecule has 0 saturated heterocycles. The van der Waals surface area contributed by atoms with E-state index in [0.29, 0.717) is 0 Å². The van der Waals surface area contributed by atoms with Gasteiger partial charge in [0, 0.05) is 6.04 Å². The van der Waals surface area contributed by atoms with E-state index in [9.17, 15) is 13.2 Å². The molecule has 0 aliphatic rings. The fourth-order valence-corrected chi connectivity index (χ4v) is 1.89. The minimum Gasteiger partial charge on any atom is -0.487 e. The molecule has 0 aliphatic carbocycles. The van der Waals surface area contributed by atoms with Crippen molar-refractivity contribution in [1.82, 2.24) is 9.55 Å². The molecule has 0 amide bonds. The fraction of sp³-hybridized carbons (Fsp3) is 0.357. The van der Waals surface area contributed by atoms with E-state index in [4.69, 9.17) is 4.74 Å². The van der Waals surface area contributed by atoms with E-state index >= 15 is 0 Å². The van der Waals surface area contributed by atoms with Crippen molar-refractivity contribution in [2.75, 3.05) is 0 Å². The summed E-state index contributed by atoms with van der Waals surface area (Å²) >= 11 is 0. The van der Waals surface area contributed by atoms with Crippen molar-refractivity contribution >= 4 is 0 Å². The summed E-state index contributed by atoms with van der Waals surface area (Å²) in [5.74, 6) is -0.170. The summed E-state index contributed by atoms with van der Waals surface area (Å²) in [6.45, 7) is 3.98. The van der Waals surface area contributed by atoms with E-state index < -0.39 is 11.7 Å². The van der Waals surface area contributed by atoms with Crippen LogP contribution >= 0.6 is 0 Å². The van der Waals surface area contributed by atoms with Crippen molar-refractivity contribution in [2.45, 2.75) is 32.7 Å². The maximum absolute atomic E-state index is 12.8. The van der Waals surface area contributed by atoms with Crippen LogP contribution in [0, 0.1) is 0 Å². The highest BCUT2D eigenvalue weighted by atomic mass is 19.4. The summed E-state index contributed by atoms with van der Waals surface area (Å²) in [5.41, 5.74) is -0.0346. The molecule has 0 unspecified atom stereocenters. The molecule has 3 nitrogen and oxygen atoms in total. The molecule has 0 fully saturated rings. The summed E-state index contributed by atoms with van der Waals surface area (Å²) in [7, 11) is 0. The van der Waals surface area contributed by atoms with E-state index in [2.05, 4.69) is 4.98 Å². The van der Waals surface area contributed by atoms with Gasteiger partial charge in [-0.1, -0.05) is 12.1 Å². The molecule has 0 aliphatic heterocycles. The van der Waals surface area contributed by atoms with E-state index in [1.165, 1.54) is 18.2 Å². The second-order valence-corrected chi connectivity index (χ2v) is 4.67. The topological polar surface area (TPSA) is 27.1 Å². The second kappa shape index (κ2) is 5.56. The van der Waals surface area contributed by atoms with Gasteiger partial charge < -0.3 is 9.30 Å². The summed E-state index contributed by atoms with van der Waals surface area (Å²) in [6.07, 6.45) is -1.19. The number of hydrogen-bond donors (Lipinski definition) is 0. The van der Waals surface area contributed by atoms with Crippen molar-refractivity contribution < 1.29 is 17.9 Å². The summed E-state index contributed by atoms with van der Waals surface area (Å²) in [4.78, 5) is 3.99. The van der Waals surface area contributed by atoms with Gasteiger partial charge in [0.2, 0.25) is 0 Å². The standard InChI is InChI=1S/C14H15F3N2O/c1-10(2)19-9-18-7-11(19)8-20-13-6-4-3-5-12(13)14(15,16)17/h3-7,9-10H,8H2,1-2H3. The van der Waals surface area contributed by atoms with Gasteiger partial charge in [0.15, 0.2) is 0 Å². The van der Waals surface area contributed by atoms with Crippen LogP contribution in [0.3, 0.4) is 0 Å². The molecule has 0 N–H and O–H groups in total. The molecule has 1 aromatic carbocycles. The quantitative estimate of drug-likeness (QED) is 0.846. The SMILES string of the molecule is CC(C)n1cncc1COc1ccccc1C(F)(F)F. The molecule has 0 saturated carbocycles. The molecule has 2 aromatic rings. The van der Waals surface area contributed by atoms with Gasteiger partial charge in [0.25, 0.3) is 0 Å². The number of benzene rings is 1. The van der Waals surface area contributed by atoms with Crippen LogP contribution in [0.5, 0.6) is 5.75 Å². The molecule has 0 radical (unpaired) electrons. The highest BCUT2D eigenvalue weighted by Gasteiger charge is 2.34. The summed E-state index contributed by atoms with van der Waals surface area (Å²) in [5, 5.41) is 0. The number of alkyl halides is 3. The number of para-hydroxylation sites is 1. The third-order valence-corrected chi connectivity index (χ3v) is 2.87. The Labute approximate surface area is 115 Å². The minimum atomic E-state index is -4.42. The first-order valence-electron chi connectivity index (χ1n) is 6.19. The third-order valence-electron chi connectivity index (χ3n) is 2.87. The van der Waals surface area contributed by atoms with Gasteiger partial charge in [-0.05, 0) is 26.0 Å². The van der Waals surface area contributed by atoms with E-state index in [0.717, 1.165) is 11.8 Å². The zero-order valence-electron chi connectivity index (χ0n) is 11.2. The molecule has 2 rings (SSSR count). The van der Waals surface area contributed by atoms with E-state index in [1.54, 1.807) is 12.5 Å². The minimum absolute atomic E-state index is 0.0469. The Morgan fingerprint density at radius 2 is 1.95 bits per heavy atom. The molecule has 0 bridgehead atoms. The summed E-state index contributed by atoms with van der Waals surface area (Å²) < 4.78 is 45.6. The van der Waals surface area contributed by atoms with Crippen molar-refractivity contribution in [3.8, 4) is 5.75 Å². The Morgan fingerprint density at radius 3 is 2.60 bits per heavy atom. The Kier molecular flexibility index (Phi) is 4.01. The number of aromatic nitrogens is 2. The molecular weight excluding hydrogens is 269 g/mol. The first kappa shape index (κ1) is 14.4. The highest BCUT2D eigenvalue weighted by molar-refractivity contribution is 5.35. The first-order valence-corrected chi connectivity index (χ1v) is 6.19. The number of nitrogens with zero attached hydrogens (tertiary/aromatic N) is 2. The number of ether oxygens (including phenoxy) is 1. The van der Waals surface area contributed by atoms with Gasteiger partial charge >= 0.3 is 6.18 Å². The van der Waals surface area contributed by atoms with Gasteiger partial charge in [-0.2, -0.15) is 13.2 Å². The van der Waals surface area contributed by atoms with Crippen LogP contribution in [-0.2, 0) is 12.8 Å². The predicted octanol–water partition coefficient (Wildman–Crippen LogP) is 4.06. The molecule has 1 heterocycles. The summed E-state index contributed by atoms with van der Waals surface area (Å²) in [6, 6.07) is 5.36. The highest BCUT2D eigenvalue weighted by Crippen LogP contribution is 2.36. The number of imidazole rings is 1. The van der Waals surface area contributed by atoms with Crippen LogP contribution in [0.2, 0.25) is 0 Å². The van der Waals surface area contributed by atoms with Crippen molar-refractivity contribution in [3.05, 3.63) is 48.0 Å². The average molecular weight is 284 g/mol. The molecule has 0 atom stereocenters. The Bertz CT molecular complexity index is 576. The zero-order chi connectivity index (χ0) is 14.8. The van der Waals surface area contributed by atoms with Crippen molar-refractivity contribution in [3.63, 3.8) is 0 Å². The maximum Gasteiger partial charge on any atom is 0.419 e. The molecule has 6 heteroatoms. The van der Waals surface area contributed by atoms with Gasteiger partial charge in [-0.25, -0.2) is 4.98 Å². The lowest BCUT2D eigenvalue weighted by molar-refractivity contribution is -0.139. The third kappa shape index (κ3) is 3.12. The van der Waals surface area contributed by atoms with Crippen molar-refractivity contribution in [2.24, 2.45) is 0 Å². The van der Waals surface area contributed by atoms with Crippen LogP contribution < -0.4 is 4.74 Å². The normalized spacial score (nSPS) is 11.9. The van der Waals surface area contributed by atoms with Gasteiger partial charge in [0.1, 0.15) is 12.4 Å². The Hall–Kier alpha value is -1.98. The van der Waals surface area contributed by atoms with Crippen LogP contribution in [0.15, 0.2) is 36.8 Å². The lowest BCUT2D eigenvalue weighted by atomic mass is 10.2. The maximum atomic E-state index is 12.8. The Balaban J connectivity index is 2.18. The molecular formula is C14H15F3N2O. The number of rotatable bonds is 4. The second-order valence-electron chi connectivity index (χ2n) is 4.67. The first-order chi connectivity index (χ1) is 9.39. The van der Waals surface area contributed by atoms with Crippen LogP contribution in [0.1, 0.15) is 31.1 Å². The van der Waals surface area contributed by atoms with E-state index in [-0.39, 0.29) is 18.4 Å². The number of hydrogen-bond acceptors (Lipinski definition) is 2. The van der Waals surface area contributed by atoms with Crippen molar-refractivity contribution in [1.29, 1.82) is 0 Å².